The second-order valence-corrected chi connectivity index (χ2v) is 7.22. The Balaban J connectivity index is 2.50. The van der Waals surface area contributed by atoms with Crippen molar-refractivity contribution in [2.75, 3.05) is 6.61 Å². The van der Waals surface area contributed by atoms with Crippen LogP contribution in [0.5, 0.6) is 5.75 Å². The van der Waals surface area contributed by atoms with E-state index in [1.54, 1.807) is 0 Å². The Kier molecular flexibility index (Phi) is 5.21. The van der Waals surface area contributed by atoms with Gasteiger partial charge in [-0.25, -0.2) is 0 Å². The van der Waals surface area contributed by atoms with Gasteiger partial charge >= 0.3 is 0 Å². The molecule has 3 nitrogen and oxygen atoms in total. The number of aryl methyl sites for hydroxylation is 1. The van der Waals surface area contributed by atoms with Gasteiger partial charge in [-0.15, -0.1) is 0 Å². The minimum absolute atomic E-state index is 0.0540. The van der Waals surface area contributed by atoms with E-state index in [9.17, 15) is 4.79 Å². The van der Waals surface area contributed by atoms with E-state index in [1.807, 2.05) is 45.0 Å². The number of nitrogens with one attached hydrogen (secondary N) is 1. The van der Waals surface area contributed by atoms with Crippen LogP contribution in [0.4, 0.5) is 0 Å². The van der Waals surface area contributed by atoms with Gasteiger partial charge in [-0.3, -0.25) is 4.79 Å². The van der Waals surface area contributed by atoms with Crippen molar-refractivity contribution in [3.05, 3.63) is 29.8 Å². The molecule has 1 aromatic rings. The lowest BCUT2D eigenvalue weighted by Gasteiger charge is -2.33. The Hall–Kier alpha value is -1.51. The number of carbonyl (C=O) groups excluding carboxylic acids is 1. The van der Waals surface area contributed by atoms with Crippen LogP contribution < -0.4 is 10.1 Å². The lowest BCUT2D eigenvalue weighted by molar-refractivity contribution is -0.125. The zero-order chi connectivity index (χ0) is 15.4. The molecular weight excluding hydrogens is 250 g/mol. The summed E-state index contributed by atoms with van der Waals surface area (Å²) in [4.78, 5) is 12.0. The highest BCUT2D eigenvalue weighted by Gasteiger charge is 2.27. The first-order chi connectivity index (χ1) is 9.09. The summed E-state index contributed by atoms with van der Waals surface area (Å²) in [5.41, 5.74) is 0.979. The summed E-state index contributed by atoms with van der Waals surface area (Å²) in [6, 6.07) is 7.71. The van der Waals surface area contributed by atoms with Crippen molar-refractivity contribution < 1.29 is 9.53 Å². The van der Waals surface area contributed by atoms with Crippen LogP contribution in [0.15, 0.2) is 24.3 Å². The maximum atomic E-state index is 12.0. The maximum absolute atomic E-state index is 12.0. The summed E-state index contributed by atoms with van der Waals surface area (Å²) >= 11 is 0. The van der Waals surface area contributed by atoms with Crippen molar-refractivity contribution in [1.82, 2.24) is 5.32 Å². The van der Waals surface area contributed by atoms with E-state index in [2.05, 4.69) is 26.1 Å². The number of amides is 1. The average molecular weight is 277 g/mol. The number of benzene rings is 1. The molecule has 0 aliphatic heterocycles. The van der Waals surface area contributed by atoms with E-state index in [0.29, 0.717) is 0 Å². The monoisotopic (exact) mass is 277 g/mol. The van der Waals surface area contributed by atoms with Crippen molar-refractivity contribution in [2.45, 2.75) is 53.5 Å². The fourth-order valence-electron chi connectivity index (χ4n) is 2.65. The second kappa shape index (κ2) is 6.29. The predicted octanol–water partition coefficient (Wildman–Crippen LogP) is 3.70. The number of hydrogen-bond acceptors (Lipinski definition) is 2. The van der Waals surface area contributed by atoms with Crippen LogP contribution >= 0.6 is 0 Å². The van der Waals surface area contributed by atoms with Crippen LogP contribution in [0.1, 0.15) is 46.6 Å². The molecule has 3 heteroatoms. The highest BCUT2D eigenvalue weighted by atomic mass is 16.5. The molecule has 0 radical (unpaired) electrons. The average Bonchev–Trinajstić information content (AvgIpc) is 2.23. The first-order valence-corrected chi connectivity index (χ1v) is 7.08. The van der Waals surface area contributed by atoms with E-state index in [1.165, 1.54) is 0 Å². The number of rotatable bonds is 5. The summed E-state index contributed by atoms with van der Waals surface area (Å²) in [5.74, 6) is 0.679. The molecule has 20 heavy (non-hydrogen) atoms. The topological polar surface area (TPSA) is 38.3 Å². The van der Waals surface area contributed by atoms with E-state index < -0.39 is 0 Å². The quantitative estimate of drug-likeness (QED) is 0.891. The number of carbonyl (C=O) groups is 1. The highest BCUT2D eigenvalue weighted by Crippen LogP contribution is 2.26. The summed E-state index contributed by atoms with van der Waals surface area (Å²) in [6.45, 7) is 12.6. The third kappa shape index (κ3) is 6.09. The molecule has 1 amide bonds. The van der Waals surface area contributed by atoms with Gasteiger partial charge in [-0.1, -0.05) is 39.0 Å². The predicted molar refractivity (Wildman–Crippen MR) is 83.0 cm³/mol. The molecule has 0 bridgehead atoms. The molecule has 0 aromatic heterocycles. The normalized spacial score (nSPS) is 12.1. The zero-order valence-electron chi connectivity index (χ0n) is 13.5. The lowest BCUT2D eigenvalue weighted by Crippen LogP contribution is -2.47. The largest absolute Gasteiger partial charge is 0.484 e. The van der Waals surface area contributed by atoms with Crippen LogP contribution in [0.25, 0.3) is 0 Å². The molecule has 0 aliphatic rings. The van der Waals surface area contributed by atoms with Crippen molar-refractivity contribution in [2.24, 2.45) is 5.41 Å². The lowest BCUT2D eigenvalue weighted by atomic mass is 9.82. The van der Waals surface area contributed by atoms with Gasteiger partial charge in [0.15, 0.2) is 6.61 Å². The molecule has 0 spiro atoms. The molecule has 0 unspecified atom stereocenters. The van der Waals surface area contributed by atoms with Crippen LogP contribution in [0.3, 0.4) is 0 Å². The molecule has 0 atom stereocenters. The minimum Gasteiger partial charge on any atom is -0.484 e. The molecular formula is C17H27NO2. The SMILES string of the molecule is Cc1ccccc1OCC(=O)NC(C)(C)CC(C)(C)C. The standard InChI is InChI=1S/C17H27NO2/c1-13-9-7-8-10-14(13)20-11-15(19)18-17(5,6)12-16(2,3)4/h7-10H,11-12H2,1-6H3,(H,18,19). The minimum atomic E-state index is -0.232. The van der Waals surface area contributed by atoms with Gasteiger partial charge in [-0.2, -0.15) is 0 Å². The fourth-order valence-corrected chi connectivity index (χ4v) is 2.65. The first kappa shape index (κ1) is 16.5. The molecule has 0 fully saturated rings. The van der Waals surface area contributed by atoms with Crippen molar-refractivity contribution in [1.29, 1.82) is 0 Å². The molecule has 0 saturated carbocycles. The van der Waals surface area contributed by atoms with Gasteiger partial charge in [-0.05, 0) is 44.2 Å². The summed E-state index contributed by atoms with van der Waals surface area (Å²) in [5, 5.41) is 3.04. The molecule has 112 valence electrons. The van der Waals surface area contributed by atoms with Crippen LogP contribution in [0, 0.1) is 12.3 Å². The first-order valence-electron chi connectivity index (χ1n) is 7.08. The highest BCUT2D eigenvalue weighted by molar-refractivity contribution is 5.78. The molecule has 1 N–H and O–H groups in total. The summed E-state index contributed by atoms with van der Waals surface area (Å²) in [6.07, 6.45) is 0.913. The molecule has 1 rings (SSSR count). The van der Waals surface area contributed by atoms with Crippen LogP contribution in [0.2, 0.25) is 0 Å². The maximum Gasteiger partial charge on any atom is 0.258 e. The molecule has 0 saturated heterocycles. The second-order valence-electron chi connectivity index (χ2n) is 7.22. The van der Waals surface area contributed by atoms with E-state index >= 15 is 0 Å². The van der Waals surface area contributed by atoms with Gasteiger partial charge in [0.25, 0.3) is 5.91 Å². The fraction of sp³-hybridized carbons (Fsp3) is 0.588. The Morgan fingerprint density at radius 1 is 1.15 bits per heavy atom. The Labute approximate surface area is 122 Å². The number of para-hydroxylation sites is 1. The van der Waals surface area contributed by atoms with Gasteiger partial charge in [0.1, 0.15) is 5.75 Å². The van der Waals surface area contributed by atoms with Gasteiger partial charge in [0.2, 0.25) is 0 Å². The molecule has 1 aromatic carbocycles. The Morgan fingerprint density at radius 2 is 1.75 bits per heavy atom. The molecule has 0 aliphatic carbocycles. The van der Waals surface area contributed by atoms with Crippen LogP contribution in [-0.2, 0) is 4.79 Å². The smallest absolute Gasteiger partial charge is 0.258 e. The third-order valence-electron chi connectivity index (χ3n) is 2.90. The van der Waals surface area contributed by atoms with Crippen molar-refractivity contribution in [3.8, 4) is 5.75 Å². The van der Waals surface area contributed by atoms with Crippen molar-refractivity contribution in [3.63, 3.8) is 0 Å². The number of hydrogen-bond donors (Lipinski definition) is 1. The van der Waals surface area contributed by atoms with E-state index in [0.717, 1.165) is 17.7 Å². The van der Waals surface area contributed by atoms with Crippen molar-refractivity contribution >= 4 is 5.91 Å². The Morgan fingerprint density at radius 3 is 2.30 bits per heavy atom. The Bertz CT molecular complexity index is 458. The van der Waals surface area contributed by atoms with Gasteiger partial charge in [0, 0.05) is 5.54 Å². The van der Waals surface area contributed by atoms with Gasteiger partial charge in [0.05, 0.1) is 0 Å². The molecule has 0 heterocycles. The summed E-state index contributed by atoms with van der Waals surface area (Å²) in [7, 11) is 0. The van der Waals surface area contributed by atoms with Crippen LogP contribution in [-0.4, -0.2) is 18.1 Å². The zero-order valence-corrected chi connectivity index (χ0v) is 13.5. The third-order valence-corrected chi connectivity index (χ3v) is 2.90. The summed E-state index contributed by atoms with van der Waals surface area (Å²) < 4.78 is 5.56. The van der Waals surface area contributed by atoms with Gasteiger partial charge < -0.3 is 10.1 Å². The van der Waals surface area contributed by atoms with E-state index in [4.69, 9.17) is 4.74 Å². The number of ether oxygens (including phenoxy) is 1. The van der Waals surface area contributed by atoms with E-state index in [-0.39, 0.29) is 23.5 Å².